The molecule has 0 saturated carbocycles. The van der Waals surface area contributed by atoms with Gasteiger partial charge in [-0.25, -0.2) is 0 Å². The van der Waals surface area contributed by atoms with Crippen LogP contribution in [0.15, 0.2) is 42.5 Å². The zero-order valence-electron chi connectivity index (χ0n) is 13.1. The quantitative estimate of drug-likeness (QED) is 0.903. The molecular formula is C20H25N. The molecule has 0 bridgehead atoms. The number of rotatable bonds is 3. The molecule has 0 aromatic heterocycles. The molecule has 0 fully saturated rings. The minimum absolute atomic E-state index is 0.264. The Morgan fingerprint density at radius 1 is 1.05 bits per heavy atom. The van der Waals surface area contributed by atoms with Gasteiger partial charge in [0.1, 0.15) is 0 Å². The van der Waals surface area contributed by atoms with Crippen LogP contribution in [0.5, 0.6) is 0 Å². The van der Waals surface area contributed by atoms with E-state index in [4.69, 9.17) is 5.73 Å². The Kier molecular flexibility index (Phi) is 4.12. The summed E-state index contributed by atoms with van der Waals surface area (Å²) in [6.07, 6.45) is 4.54. The van der Waals surface area contributed by atoms with Crippen LogP contribution in [0.2, 0.25) is 0 Å². The number of benzene rings is 2. The highest BCUT2D eigenvalue weighted by Crippen LogP contribution is 2.28. The van der Waals surface area contributed by atoms with E-state index >= 15 is 0 Å². The van der Waals surface area contributed by atoms with E-state index in [1.807, 2.05) is 0 Å². The van der Waals surface area contributed by atoms with Crippen molar-refractivity contribution in [2.24, 2.45) is 11.7 Å². The average Bonchev–Trinajstić information content (AvgIpc) is 2.50. The molecule has 3 rings (SSSR count). The van der Waals surface area contributed by atoms with E-state index in [9.17, 15) is 0 Å². The standard InChI is InChI=1S/C20H25N/c1-14-7-8-16(11-15(14)2)12-20(21)19-10-9-17-5-3-4-6-18(17)13-19/h3-8,11,19-20H,9-10,12-13,21H2,1-2H3. The normalized spacial score (nSPS) is 19.1. The van der Waals surface area contributed by atoms with E-state index < -0.39 is 0 Å². The molecule has 1 nitrogen and oxygen atoms in total. The van der Waals surface area contributed by atoms with Gasteiger partial charge in [-0.3, -0.25) is 0 Å². The van der Waals surface area contributed by atoms with Gasteiger partial charge in [0.05, 0.1) is 0 Å². The Balaban J connectivity index is 1.69. The van der Waals surface area contributed by atoms with Crippen molar-refractivity contribution in [3.8, 4) is 0 Å². The summed E-state index contributed by atoms with van der Waals surface area (Å²) in [5.74, 6) is 0.613. The highest BCUT2D eigenvalue weighted by molar-refractivity contribution is 5.32. The fourth-order valence-electron chi connectivity index (χ4n) is 3.46. The van der Waals surface area contributed by atoms with Crippen molar-refractivity contribution in [1.82, 2.24) is 0 Å². The third-order valence-electron chi connectivity index (χ3n) is 5.03. The maximum atomic E-state index is 6.53. The third-order valence-corrected chi connectivity index (χ3v) is 5.03. The Hall–Kier alpha value is -1.60. The van der Waals surface area contributed by atoms with Crippen molar-refractivity contribution in [2.45, 2.75) is 45.6 Å². The van der Waals surface area contributed by atoms with Crippen LogP contribution < -0.4 is 5.73 Å². The van der Waals surface area contributed by atoms with Crippen LogP contribution in [0.3, 0.4) is 0 Å². The summed E-state index contributed by atoms with van der Waals surface area (Å²) in [6, 6.07) is 15.8. The van der Waals surface area contributed by atoms with Gasteiger partial charge in [0.25, 0.3) is 0 Å². The average molecular weight is 279 g/mol. The van der Waals surface area contributed by atoms with Gasteiger partial charge in [0.15, 0.2) is 0 Å². The minimum Gasteiger partial charge on any atom is -0.327 e. The van der Waals surface area contributed by atoms with E-state index in [1.165, 1.54) is 40.7 Å². The Labute approximate surface area is 128 Å². The zero-order valence-corrected chi connectivity index (χ0v) is 13.1. The van der Waals surface area contributed by atoms with Crippen molar-refractivity contribution < 1.29 is 0 Å². The van der Waals surface area contributed by atoms with E-state index in [2.05, 4.69) is 56.3 Å². The first-order chi connectivity index (χ1) is 10.1. The van der Waals surface area contributed by atoms with Gasteiger partial charge in [-0.1, -0.05) is 42.5 Å². The Morgan fingerprint density at radius 3 is 2.57 bits per heavy atom. The van der Waals surface area contributed by atoms with Crippen LogP contribution in [0.1, 0.15) is 34.2 Å². The maximum Gasteiger partial charge on any atom is 0.0111 e. The summed E-state index contributed by atoms with van der Waals surface area (Å²) < 4.78 is 0. The lowest BCUT2D eigenvalue weighted by Gasteiger charge is -2.29. The number of hydrogen-bond donors (Lipinski definition) is 1. The molecule has 2 aromatic carbocycles. The molecule has 1 aliphatic carbocycles. The summed E-state index contributed by atoms with van der Waals surface area (Å²) in [7, 11) is 0. The summed E-state index contributed by atoms with van der Waals surface area (Å²) in [5, 5.41) is 0. The van der Waals surface area contributed by atoms with E-state index in [1.54, 1.807) is 0 Å². The molecule has 110 valence electrons. The minimum atomic E-state index is 0.264. The molecule has 1 aliphatic rings. The fraction of sp³-hybridized carbons (Fsp3) is 0.400. The van der Waals surface area contributed by atoms with Gasteiger partial charge >= 0.3 is 0 Å². The number of aryl methyl sites for hydroxylation is 3. The molecule has 2 unspecified atom stereocenters. The monoisotopic (exact) mass is 279 g/mol. The summed E-state index contributed by atoms with van der Waals surface area (Å²) in [5.41, 5.74) is 13.7. The lowest BCUT2D eigenvalue weighted by molar-refractivity contribution is 0.372. The maximum absolute atomic E-state index is 6.53. The molecular weight excluding hydrogens is 254 g/mol. The molecule has 0 aliphatic heterocycles. The molecule has 2 atom stereocenters. The second-order valence-electron chi connectivity index (χ2n) is 6.56. The molecule has 2 N–H and O–H groups in total. The van der Waals surface area contributed by atoms with Gasteiger partial charge in [-0.2, -0.15) is 0 Å². The highest BCUT2D eigenvalue weighted by Gasteiger charge is 2.23. The fourth-order valence-corrected chi connectivity index (χ4v) is 3.46. The van der Waals surface area contributed by atoms with Crippen molar-refractivity contribution >= 4 is 0 Å². The van der Waals surface area contributed by atoms with Crippen molar-refractivity contribution in [3.63, 3.8) is 0 Å². The van der Waals surface area contributed by atoms with Crippen LogP contribution in [0, 0.1) is 19.8 Å². The zero-order chi connectivity index (χ0) is 14.8. The summed E-state index contributed by atoms with van der Waals surface area (Å²) >= 11 is 0. The number of hydrogen-bond acceptors (Lipinski definition) is 1. The topological polar surface area (TPSA) is 26.0 Å². The predicted molar refractivity (Wildman–Crippen MR) is 89.6 cm³/mol. The summed E-state index contributed by atoms with van der Waals surface area (Å²) in [6.45, 7) is 4.35. The van der Waals surface area contributed by atoms with Gasteiger partial charge in [-0.05, 0) is 73.3 Å². The number of nitrogens with two attached hydrogens (primary N) is 1. The molecule has 0 saturated heterocycles. The first kappa shape index (κ1) is 14.3. The molecule has 0 radical (unpaired) electrons. The Bertz CT molecular complexity index is 629. The van der Waals surface area contributed by atoms with Gasteiger partial charge in [-0.15, -0.1) is 0 Å². The lowest BCUT2D eigenvalue weighted by Crippen LogP contribution is -2.35. The largest absolute Gasteiger partial charge is 0.327 e. The number of fused-ring (bicyclic) bond motifs is 1. The first-order valence-corrected chi connectivity index (χ1v) is 8.02. The third kappa shape index (κ3) is 3.19. The van der Waals surface area contributed by atoms with Crippen molar-refractivity contribution in [2.75, 3.05) is 0 Å². The van der Waals surface area contributed by atoms with Crippen molar-refractivity contribution in [3.05, 3.63) is 70.3 Å². The SMILES string of the molecule is Cc1ccc(CC(N)C2CCc3ccccc3C2)cc1C. The van der Waals surface area contributed by atoms with Crippen LogP contribution in [-0.2, 0) is 19.3 Å². The van der Waals surface area contributed by atoms with Crippen LogP contribution in [0.4, 0.5) is 0 Å². The highest BCUT2D eigenvalue weighted by atomic mass is 14.6. The predicted octanol–water partition coefficient (Wildman–Crippen LogP) is 3.98. The molecule has 1 heteroatoms. The van der Waals surface area contributed by atoms with E-state index in [0.717, 1.165) is 12.8 Å². The molecule has 0 heterocycles. The van der Waals surface area contributed by atoms with Gasteiger partial charge < -0.3 is 5.73 Å². The van der Waals surface area contributed by atoms with Crippen LogP contribution in [0.25, 0.3) is 0 Å². The molecule has 0 amide bonds. The smallest absolute Gasteiger partial charge is 0.0111 e. The van der Waals surface area contributed by atoms with E-state index in [-0.39, 0.29) is 6.04 Å². The molecule has 2 aromatic rings. The first-order valence-electron chi connectivity index (χ1n) is 8.02. The van der Waals surface area contributed by atoms with E-state index in [0.29, 0.717) is 5.92 Å². The molecule has 0 spiro atoms. The Morgan fingerprint density at radius 2 is 1.81 bits per heavy atom. The lowest BCUT2D eigenvalue weighted by atomic mass is 9.78. The second kappa shape index (κ2) is 6.03. The molecule has 21 heavy (non-hydrogen) atoms. The van der Waals surface area contributed by atoms with Crippen molar-refractivity contribution in [1.29, 1.82) is 0 Å². The van der Waals surface area contributed by atoms with Crippen LogP contribution in [-0.4, -0.2) is 6.04 Å². The van der Waals surface area contributed by atoms with Crippen LogP contribution >= 0.6 is 0 Å². The van der Waals surface area contributed by atoms with Gasteiger partial charge in [0, 0.05) is 6.04 Å². The summed E-state index contributed by atoms with van der Waals surface area (Å²) in [4.78, 5) is 0. The van der Waals surface area contributed by atoms with Gasteiger partial charge in [0.2, 0.25) is 0 Å². The second-order valence-corrected chi connectivity index (χ2v) is 6.56.